The van der Waals surface area contributed by atoms with Gasteiger partial charge in [0.1, 0.15) is 0 Å². The molecule has 3 aromatic carbocycles. The second-order valence-electron chi connectivity index (χ2n) is 6.46. The molecule has 26 heavy (non-hydrogen) atoms. The summed E-state index contributed by atoms with van der Waals surface area (Å²) in [5.74, 6) is -0.0841. The lowest BCUT2D eigenvalue weighted by atomic mass is 10.0. The quantitative estimate of drug-likeness (QED) is 0.344. The van der Waals surface area contributed by atoms with Crippen molar-refractivity contribution in [1.82, 2.24) is 9.97 Å². The van der Waals surface area contributed by atoms with Crippen LogP contribution in [0.5, 0.6) is 0 Å². The van der Waals surface area contributed by atoms with E-state index >= 15 is 0 Å². The third-order valence-electron chi connectivity index (χ3n) is 4.61. The molecular formula is C22H15N3O. The largest absolute Gasteiger partial charge is 0.326 e. The van der Waals surface area contributed by atoms with Crippen LogP contribution < -0.4 is 5.32 Å². The van der Waals surface area contributed by atoms with Gasteiger partial charge in [-0.3, -0.25) is 4.79 Å². The Labute approximate surface area is 149 Å². The number of pyridine rings is 2. The Bertz CT molecular complexity index is 1340. The number of nitrogens with one attached hydrogen (secondary N) is 1. The van der Waals surface area contributed by atoms with Crippen LogP contribution in [-0.4, -0.2) is 15.9 Å². The Hall–Kier alpha value is -3.53. The molecule has 2 heterocycles. The molecule has 0 bridgehead atoms. The van der Waals surface area contributed by atoms with E-state index in [4.69, 9.17) is 9.97 Å². The average molecular weight is 337 g/mol. The highest BCUT2D eigenvalue weighted by Crippen LogP contribution is 2.30. The molecule has 0 saturated heterocycles. The van der Waals surface area contributed by atoms with E-state index in [9.17, 15) is 4.79 Å². The van der Waals surface area contributed by atoms with Crippen LogP contribution in [-0.2, 0) is 4.79 Å². The fourth-order valence-electron chi connectivity index (χ4n) is 3.45. The van der Waals surface area contributed by atoms with Gasteiger partial charge < -0.3 is 5.32 Å². The lowest BCUT2D eigenvalue weighted by Gasteiger charge is -2.08. The van der Waals surface area contributed by atoms with Gasteiger partial charge in [-0.1, -0.05) is 18.2 Å². The van der Waals surface area contributed by atoms with Crippen molar-refractivity contribution in [3.63, 3.8) is 0 Å². The van der Waals surface area contributed by atoms with E-state index in [0.717, 1.165) is 49.3 Å². The van der Waals surface area contributed by atoms with E-state index in [1.54, 1.807) is 0 Å². The van der Waals surface area contributed by atoms with E-state index in [0.29, 0.717) is 0 Å². The topological polar surface area (TPSA) is 54.9 Å². The van der Waals surface area contributed by atoms with Crippen LogP contribution in [0.15, 0.2) is 66.7 Å². The summed E-state index contributed by atoms with van der Waals surface area (Å²) in [5, 5.41) is 7.08. The zero-order chi connectivity index (χ0) is 17.7. The van der Waals surface area contributed by atoms with Gasteiger partial charge in [-0.25, -0.2) is 9.97 Å². The highest BCUT2D eigenvalue weighted by molar-refractivity contribution is 6.11. The molecule has 0 aliphatic carbocycles. The molecule has 5 rings (SSSR count). The van der Waals surface area contributed by atoms with Gasteiger partial charge in [0.2, 0.25) is 5.91 Å². The number of hydrogen-bond acceptors (Lipinski definition) is 3. The molecule has 0 spiro atoms. The number of carbonyl (C=O) groups excluding carboxylic acids is 1. The molecule has 0 fully saturated rings. The zero-order valence-electron chi connectivity index (χ0n) is 14.2. The van der Waals surface area contributed by atoms with Crippen LogP contribution in [0.2, 0.25) is 0 Å². The first-order chi connectivity index (χ1) is 12.7. The van der Waals surface area contributed by atoms with Crippen molar-refractivity contribution < 1.29 is 4.79 Å². The fourth-order valence-corrected chi connectivity index (χ4v) is 3.45. The molecule has 4 nitrogen and oxygen atoms in total. The highest BCUT2D eigenvalue weighted by atomic mass is 16.1. The van der Waals surface area contributed by atoms with E-state index in [-0.39, 0.29) is 5.91 Å². The molecule has 0 saturated carbocycles. The second-order valence-corrected chi connectivity index (χ2v) is 6.46. The van der Waals surface area contributed by atoms with E-state index in [2.05, 4.69) is 23.5 Å². The summed E-state index contributed by atoms with van der Waals surface area (Å²) in [5.41, 5.74) is 4.56. The summed E-state index contributed by atoms with van der Waals surface area (Å²) in [6, 6.07) is 22.2. The van der Waals surface area contributed by atoms with Crippen molar-refractivity contribution in [1.29, 1.82) is 0 Å². The van der Waals surface area contributed by atoms with Crippen molar-refractivity contribution in [2.45, 2.75) is 6.92 Å². The molecule has 0 radical (unpaired) electrons. The minimum Gasteiger partial charge on any atom is -0.326 e. The van der Waals surface area contributed by atoms with Gasteiger partial charge >= 0.3 is 0 Å². The first-order valence-electron chi connectivity index (χ1n) is 8.48. The summed E-state index contributed by atoms with van der Waals surface area (Å²) in [6.07, 6.45) is 0. The van der Waals surface area contributed by atoms with E-state index in [1.807, 2.05) is 48.5 Å². The fraction of sp³-hybridized carbons (Fsp3) is 0.0455. The van der Waals surface area contributed by atoms with Gasteiger partial charge in [-0.05, 0) is 48.5 Å². The predicted molar refractivity (Wildman–Crippen MR) is 106 cm³/mol. The monoisotopic (exact) mass is 337 g/mol. The first kappa shape index (κ1) is 14.8. The van der Waals surface area contributed by atoms with Gasteiger partial charge in [0.15, 0.2) is 0 Å². The minimum absolute atomic E-state index is 0.0841. The number of rotatable bonds is 1. The van der Waals surface area contributed by atoms with E-state index < -0.39 is 0 Å². The van der Waals surface area contributed by atoms with Gasteiger partial charge in [0, 0.05) is 34.2 Å². The Morgan fingerprint density at radius 3 is 2.08 bits per heavy atom. The van der Waals surface area contributed by atoms with Crippen molar-refractivity contribution in [2.24, 2.45) is 0 Å². The standard InChI is InChI=1S/C22H15N3O/c1-13(26)23-16-6-7-20-15(10-16)12-18-17-11-14-4-2-3-5-19(14)24-21(17)8-9-22(18)25-20/h2-12H,1H3,(H,23,26). The molecule has 4 heteroatoms. The number of amides is 1. The van der Waals surface area contributed by atoms with Crippen LogP contribution in [0.25, 0.3) is 43.6 Å². The Kier molecular flexibility index (Phi) is 3.12. The Balaban J connectivity index is 1.83. The summed E-state index contributed by atoms with van der Waals surface area (Å²) in [6.45, 7) is 1.51. The maximum atomic E-state index is 11.3. The van der Waals surface area contributed by atoms with Crippen LogP contribution in [0.4, 0.5) is 5.69 Å². The lowest BCUT2D eigenvalue weighted by molar-refractivity contribution is -0.114. The van der Waals surface area contributed by atoms with Gasteiger partial charge in [0.25, 0.3) is 0 Å². The number of benzene rings is 3. The summed E-state index contributed by atoms with van der Waals surface area (Å²) in [7, 11) is 0. The number of aromatic nitrogens is 2. The normalized spacial score (nSPS) is 11.4. The number of fused-ring (bicyclic) bond motifs is 5. The maximum Gasteiger partial charge on any atom is 0.221 e. The van der Waals surface area contributed by atoms with Gasteiger partial charge in [-0.2, -0.15) is 0 Å². The first-order valence-corrected chi connectivity index (χ1v) is 8.48. The molecule has 0 aliphatic heterocycles. The van der Waals surface area contributed by atoms with E-state index in [1.165, 1.54) is 6.92 Å². The molecule has 1 amide bonds. The van der Waals surface area contributed by atoms with Crippen molar-refractivity contribution in [3.05, 3.63) is 66.7 Å². The van der Waals surface area contributed by atoms with Gasteiger partial charge in [-0.15, -0.1) is 0 Å². The van der Waals surface area contributed by atoms with Crippen LogP contribution in [0, 0.1) is 0 Å². The van der Waals surface area contributed by atoms with Crippen LogP contribution >= 0.6 is 0 Å². The maximum absolute atomic E-state index is 11.3. The SMILES string of the molecule is CC(=O)Nc1ccc2nc3ccc4nc5ccccc5cc4c3cc2c1. The predicted octanol–water partition coefficient (Wildman–Crippen LogP) is 5.05. The summed E-state index contributed by atoms with van der Waals surface area (Å²) >= 11 is 0. The number of anilines is 1. The molecule has 0 atom stereocenters. The molecule has 0 aliphatic rings. The molecule has 0 unspecified atom stereocenters. The zero-order valence-corrected chi connectivity index (χ0v) is 14.2. The molecule has 1 N–H and O–H groups in total. The lowest BCUT2D eigenvalue weighted by Crippen LogP contribution is -2.05. The van der Waals surface area contributed by atoms with Crippen LogP contribution in [0.3, 0.4) is 0 Å². The average Bonchev–Trinajstić information content (AvgIpc) is 2.64. The third kappa shape index (κ3) is 2.35. The van der Waals surface area contributed by atoms with Crippen molar-refractivity contribution >= 4 is 55.2 Å². The molecular weight excluding hydrogens is 322 g/mol. The molecule has 124 valence electrons. The second kappa shape index (κ2) is 5.49. The molecule has 5 aromatic rings. The number of hydrogen-bond donors (Lipinski definition) is 1. The minimum atomic E-state index is -0.0841. The number of carbonyl (C=O) groups is 1. The van der Waals surface area contributed by atoms with Crippen molar-refractivity contribution in [3.8, 4) is 0 Å². The number of nitrogens with zero attached hydrogens (tertiary/aromatic N) is 2. The summed E-state index contributed by atoms with van der Waals surface area (Å²) < 4.78 is 0. The number of para-hydroxylation sites is 1. The van der Waals surface area contributed by atoms with Gasteiger partial charge in [0.05, 0.1) is 22.1 Å². The van der Waals surface area contributed by atoms with Crippen molar-refractivity contribution in [2.75, 3.05) is 5.32 Å². The Morgan fingerprint density at radius 2 is 1.35 bits per heavy atom. The summed E-state index contributed by atoms with van der Waals surface area (Å²) in [4.78, 5) is 20.9. The Morgan fingerprint density at radius 1 is 0.731 bits per heavy atom. The smallest absolute Gasteiger partial charge is 0.221 e. The highest BCUT2D eigenvalue weighted by Gasteiger charge is 2.08. The molecule has 2 aromatic heterocycles. The third-order valence-corrected chi connectivity index (χ3v) is 4.61. The van der Waals surface area contributed by atoms with Crippen LogP contribution in [0.1, 0.15) is 6.92 Å².